The zero-order valence-corrected chi connectivity index (χ0v) is 14.5. The standard InChI is InChI=1S/C18H21NO4S/c1-22-12-18(19)16(13-8-10-14(23-2)11-9-13)17(18)24(20,21)15-6-4-3-5-7-15/h3-11,16-17H,12,19H2,1-2H3/t16-,17-,18+/m1/s1. The third-order valence-electron chi connectivity index (χ3n) is 4.58. The Bertz CT molecular complexity index is 805. The fourth-order valence-electron chi connectivity index (χ4n) is 3.37. The average Bonchev–Trinajstić information content (AvgIpc) is 3.22. The largest absolute Gasteiger partial charge is 0.497 e. The molecular formula is C18H21NO4S. The number of methoxy groups -OCH3 is 2. The third-order valence-corrected chi connectivity index (χ3v) is 6.89. The van der Waals surface area contributed by atoms with E-state index >= 15 is 0 Å². The summed E-state index contributed by atoms with van der Waals surface area (Å²) in [7, 11) is -0.423. The zero-order valence-electron chi connectivity index (χ0n) is 13.7. The Hall–Kier alpha value is -1.89. The highest BCUT2D eigenvalue weighted by atomic mass is 32.2. The topological polar surface area (TPSA) is 78.6 Å². The maximum absolute atomic E-state index is 13.0. The summed E-state index contributed by atoms with van der Waals surface area (Å²) in [5, 5.41) is -0.708. The van der Waals surface area contributed by atoms with Crippen LogP contribution in [0.4, 0.5) is 0 Å². The summed E-state index contributed by atoms with van der Waals surface area (Å²) >= 11 is 0. The van der Waals surface area contributed by atoms with Crippen molar-refractivity contribution in [1.29, 1.82) is 0 Å². The molecule has 0 amide bonds. The quantitative estimate of drug-likeness (QED) is 0.864. The zero-order chi connectivity index (χ0) is 17.4. The number of ether oxygens (including phenoxy) is 2. The molecule has 0 spiro atoms. The van der Waals surface area contributed by atoms with E-state index in [1.54, 1.807) is 37.4 Å². The smallest absolute Gasteiger partial charge is 0.183 e. The molecule has 0 bridgehead atoms. The number of hydrogen-bond acceptors (Lipinski definition) is 5. The fraction of sp³-hybridized carbons (Fsp3) is 0.333. The van der Waals surface area contributed by atoms with Gasteiger partial charge in [-0.3, -0.25) is 0 Å². The van der Waals surface area contributed by atoms with Gasteiger partial charge < -0.3 is 15.2 Å². The van der Waals surface area contributed by atoms with E-state index in [2.05, 4.69) is 0 Å². The van der Waals surface area contributed by atoms with Crippen molar-refractivity contribution in [2.75, 3.05) is 20.8 Å². The molecule has 1 fully saturated rings. The van der Waals surface area contributed by atoms with Gasteiger partial charge in [0, 0.05) is 13.0 Å². The lowest BCUT2D eigenvalue weighted by atomic mass is 10.1. The van der Waals surface area contributed by atoms with Crippen LogP contribution in [-0.4, -0.2) is 40.0 Å². The van der Waals surface area contributed by atoms with E-state index in [1.165, 1.54) is 7.11 Å². The summed E-state index contributed by atoms with van der Waals surface area (Å²) in [5.41, 5.74) is 6.38. The molecule has 3 atom stereocenters. The number of benzene rings is 2. The molecule has 0 heterocycles. The average molecular weight is 347 g/mol. The van der Waals surface area contributed by atoms with Crippen molar-refractivity contribution in [1.82, 2.24) is 0 Å². The molecule has 1 aliphatic carbocycles. The summed E-state index contributed by atoms with van der Waals surface area (Å²) in [6.07, 6.45) is 0. The van der Waals surface area contributed by atoms with Crippen LogP contribution in [0.25, 0.3) is 0 Å². The Morgan fingerprint density at radius 1 is 1.04 bits per heavy atom. The van der Waals surface area contributed by atoms with Crippen molar-refractivity contribution in [3.8, 4) is 5.75 Å². The van der Waals surface area contributed by atoms with Crippen molar-refractivity contribution in [3.05, 3.63) is 60.2 Å². The summed E-state index contributed by atoms with van der Waals surface area (Å²) in [5.74, 6) is 0.407. The van der Waals surface area contributed by atoms with Crippen LogP contribution in [-0.2, 0) is 14.6 Å². The molecule has 1 aliphatic rings. The second-order valence-electron chi connectivity index (χ2n) is 6.07. The Morgan fingerprint density at radius 3 is 2.21 bits per heavy atom. The molecule has 2 N–H and O–H groups in total. The Labute approximate surface area is 142 Å². The van der Waals surface area contributed by atoms with Crippen LogP contribution in [0.15, 0.2) is 59.5 Å². The molecule has 0 radical (unpaired) electrons. The van der Waals surface area contributed by atoms with Gasteiger partial charge in [0.05, 0.1) is 29.4 Å². The van der Waals surface area contributed by atoms with Crippen LogP contribution in [0.2, 0.25) is 0 Å². The van der Waals surface area contributed by atoms with Gasteiger partial charge in [-0.15, -0.1) is 0 Å². The van der Waals surface area contributed by atoms with Crippen molar-refractivity contribution >= 4 is 9.84 Å². The number of sulfone groups is 1. The van der Waals surface area contributed by atoms with Gasteiger partial charge >= 0.3 is 0 Å². The molecule has 0 aliphatic heterocycles. The van der Waals surface area contributed by atoms with E-state index in [9.17, 15) is 8.42 Å². The number of rotatable bonds is 6. The van der Waals surface area contributed by atoms with Gasteiger partial charge in [0.2, 0.25) is 0 Å². The van der Waals surface area contributed by atoms with Gasteiger partial charge in [0.1, 0.15) is 5.75 Å². The van der Waals surface area contributed by atoms with Crippen molar-refractivity contribution in [3.63, 3.8) is 0 Å². The third kappa shape index (κ3) is 2.70. The molecule has 3 rings (SSSR count). The molecule has 0 unspecified atom stereocenters. The van der Waals surface area contributed by atoms with E-state index in [0.717, 1.165) is 11.3 Å². The molecule has 24 heavy (non-hydrogen) atoms. The highest BCUT2D eigenvalue weighted by Crippen LogP contribution is 2.55. The van der Waals surface area contributed by atoms with Crippen LogP contribution in [0, 0.1) is 0 Å². The number of nitrogens with two attached hydrogens (primary N) is 1. The molecule has 1 saturated carbocycles. The predicted octanol–water partition coefficient (Wildman–Crippen LogP) is 1.98. The first-order valence-electron chi connectivity index (χ1n) is 7.66. The Balaban J connectivity index is 1.99. The van der Waals surface area contributed by atoms with E-state index in [0.29, 0.717) is 0 Å². The highest BCUT2D eigenvalue weighted by Gasteiger charge is 2.69. The molecule has 128 valence electrons. The summed E-state index contributed by atoms with van der Waals surface area (Å²) in [6.45, 7) is 0.181. The van der Waals surface area contributed by atoms with Gasteiger partial charge in [-0.25, -0.2) is 8.42 Å². The second-order valence-corrected chi connectivity index (χ2v) is 8.14. The van der Waals surface area contributed by atoms with Crippen LogP contribution in [0.1, 0.15) is 11.5 Å². The van der Waals surface area contributed by atoms with Gasteiger partial charge in [-0.1, -0.05) is 30.3 Å². The second kappa shape index (κ2) is 6.20. The Morgan fingerprint density at radius 2 is 1.67 bits per heavy atom. The minimum absolute atomic E-state index is 0.181. The van der Waals surface area contributed by atoms with Crippen molar-refractivity contribution in [2.45, 2.75) is 21.6 Å². The fourth-order valence-corrected chi connectivity index (χ4v) is 5.68. The lowest BCUT2D eigenvalue weighted by Crippen LogP contribution is -2.35. The van der Waals surface area contributed by atoms with E-state index in [4.69, 9.17) is 15.2 Å². The van der Waals surface area contributed by atoms with E-state index in [-0.39, 0.29) is 17.4 Å². The van der Waals surface area contributed by atoms with Crippen LogP contribution < -0.4 is 10.5 Å². The minimum Gasteiger partial charge on any atom is -0.497 e. The summed E-state index contributed by atoms with van der Waals surface area (Å²) < 4.78 is 36.4. The normalized spacial score (nSPS) is 26.1. The minimum atomic E-state index is -3.54. The molecule has 2 aromatic carbocycles. The van der Waals surface area contributed by atoms with Crippen LogP contribution in [0.5, 0.6) is 5.75 Å². The molecular weight excluding hydrogens is 326 g/mol. The summed E-state index contributed by atoms with van der Waals surface area (Å²) in [6, 6.07) is 15.8. The van der Waals surface area contributed by atoms with Gasteiger partial charge in [-0.05, 0) is 29.8 Å². The first-order valence-corrected chi connectivity index (χ1v) is 9.20. The summed E-state index contributed by atoms with van der Waals surface area (Å²) in [4.78, 5) is 0.289. The van der Waals surface area contributed by atoms with Crippen molar-refractivity contribution in [2.24, 2.45) is 5.73 Å². The maximum atomic E-state index is 13.0. The van der Waals surface area contributed by atoms with Gasteiger partial charge in [0.15, 0.2) is 9.84 Å². The molecule has 0 aromatic heterocycles. The number of hydrogen-bond donors (Lipinski definition) is 1. The van der Waals surface area contributed by atoms with Crippen LogP contribution >= 0.6 is 0 Å². The predicted molar refractivity (Wildman–Crippen MR) is 91.9 cm³/mol. The lowest BCUT2D eigenvalue weighted by molar-refractivity contribution is 0.171. The van der Waals surface area contributed by atoms with Crippen LogP contribution in [0.3, 0.4) is 0 Å². The van der Waals surface area contributed by atoms with E-state index < -0.39 is 20.6 Å². The molecule has 0 saturated heterocycles. The first-order chi connectivity index (χ1) is 11.4. The first kappa shape index (κ1) is 17.0. The molecule has 2 aromatic rings. The molecule has 5 nitrogen and oxygen atoms in total. The maximum Gasteiger partial charge on any atom is 0.183 e. The van der Waals surface area contributed by atoms with Gasteiger partial charge in [-0.2, -0.15) is 0 Å². The van der Waals surface area contributed by atoms with Gasteiger partial charge in [0.25, 0.3) is 0 Å². The Kier molecular flexibility index (Phi) is 4.38. The van der Waals surface area contributed by atoms with E-state index in [1.807, 2.05) is 24.3 Å². The highest BCUT2D eigenvalue weighted by molar-refractivity contribution is 7.92. The monoisotopic (exact) mass is 347 g/mol. The van der Waals surface area contributed by atoms with Crippen molar-refractivity contribution < 1.29 is 17.9 Å². The molecule has 6 heteroatoms. The SMILES string of the molecule is COC[C@]1(N)[C@H](c2ccc(OC)cc2)[C@H]1S(=O)(=O)c1ccccc1. The lowest BCUT2D eigenvalue weighted by Gasteiger charge is -2.11.